The zero-order chi connectivity index (χ0) is 25.1. The zero-order valence-corrected chi connectivity index (χ0v) is 18.1. The smallest absolute Gasteiger partial charge is 0.339 e. The first-order valence-electron chi connectivity index (χ1n) is 9.94. The van der Waals surface area contributed by atoms with Gasteiger partial charge >= 0.3 is 23.9 Å². The van der Waals surface area contributed by atoms with Crippen LogP contribution in [0.5, 0.6) is 0 Å². The van der Waals surface area contributed by atoms with E-state index < -0.39 is 23.9 Å². The summed E-state index contributed by atoms with van der Waals surface area (Å²) in [5.41, 5.74) is 0.730. The van der Waals surface area contributed by atoms with Crippen molar-refractivity contribution < 1.29 is 38.9 Å². The van der Waals surface area contributed by atoms with E-state index in [0.717, 1.165) is 0 Å². The summed E-state index contributed by atoms with van der Waals surface area (Å²) in [5.74, 6) is -3.16. The molecule has 8 nitrogen and oxygen atoms in total. The second-order valence-electron chi connectivity index (χ2n) is 6.71. The minimum Gasteiger partial charge on any atom is -0.478 e. The summed E-state index contributed by atoms with van der Waals surface area (Å²) in [7, 11) is 0. The molecule has 0 saturated heterocycles. The van der Waals surface area contributed by atoms with Crippen LogP contribution in [0.3, 0.4) is 0 Å². The Bertz CT molecular complexity index is 1150. The standard InChI is InChI=1S/C14H14O4.C12H8O4/c1-3-9-17-13(15)11-7-5-6-8-12(11)14(16)18-10-4-2;13-11(14)9-3-1-7-5-10(12(15)16)4-2-8(7)6-9/h3-8H,1-2,9-10H2;1-6H,(H,13,14)(H,15,16). The van der Waals surface area contributed by atoms with Gasteiger partial charge in [-0.1, -0.05) is 49.6 Å². The number of carbonyl (C=O) groups is 4. The first kappa shape index (κ1) is 25.5. The van der Waals surface area contributed by atoms with Crippen molar-refractivity contribution in [2.24, 2.45) is 0 Å². The third-order valence-electron chi connectivity index (χ3n) is 4.37. The van der Waals surface area contributed by atoms with Crippen LogP contribution in [0, 0.1) is 0 Å². The van der Waals surface area contributed by atoms with E-state index >= 15 is 0 Å². The second kappa shape index (κ2) is 12.4. The van der Waals surface area contributed by atoms with E-state index in [9.17, 15) is 19.2 Å². The SMILES string of the molecule is C=CCOC(=O)c1ccccc1C(=O)OCC=C.O=C(O)c1ccc2cc(C(=O)O)ccc2c1. The van der Waals surface area contributed by atoms with E-state index in [4.69, 9.17) is 19.7 Å². The molecule has 3 rings (SSSR count). The number of rotatable bonds is 8. The summed E-state index contributed by atoms with van der Waals surface area (Å²) >= 11 is 0. The maximum Gasteiger partial charge on any atom is 0.339 e. The number of esters is 2. The van der Waals surface area contributed by atoms with Crippen molar-refractivity contribution in [2.75, 3.05) is 13.2 Å². The zero-order valence-electron chi connectivity index (χ0n) is 18.1. The van der Waals surface area contributed by atoms with Crippen LogP contribution in [0.4, 0.5) is 0 Å². The molecule has 174 valence electrons. The third kappa shape index (κ3) is 6.89. The average molecular weight is 462 g/mol. The lowest BCUT2D eigenvalue weighted by atomic mass is 10.0. The van der Waals surface area contributed by atoms with E-state index in [1.54, 1.807) is 24.3 Å². The van der Waals surface area contributed by atoms with E-state index in [2.05, 4.69) is 13.2 Å². The maximum atomic E-state index is 11.7. The Morgan fingerprint density at radius 3 is 1.38 bits per heavy atom. The molecule has 0 saturated carbocycles. The first-order chi connectivity index (χ1) is 16.3. The van der Waals surface area contributed by atoms with Crippen LogP contribution in [-0.2, 0) is 9.47 Å². The number of fused-ring (bicyclic) bond motifs is 1. The van der Waals surface area contributed by atoms with E-state index in [0.29, 0.717) is 10.8 Å². The number of carboxylic acids is 2. The summed E-state index contributed by atoms with van der Waals surface area (Å²) < 4.78 is 9.78. The van der Waals surface area contributed by atoms with E-state index in [1.807, 2.05) is 0 Å². The molecule has 0 aliphatic heterocycles. The molecule has 0 atom stereocenters. The summed E-state index contributed by atoms with van der Waals surface area (Å²) in [4.78, 5) is 44.9. The fourth-order valence-corrected chi connectivity index (χ4v) is 2.78. The molecule has 8 heteroatoms. The molecule has 34 heavy (non-hydrogen) atoms. The predicted molar refractivity (Wildman–Crippen MR) is 125 cm³/mol. The Kier molecular flexibility index (Phi) is 9.28. The number of carbonyl (C=O) groups excluding carboxylic acids is 2. The fraction of sp³-hybridized carbons (Fsp3) is 0.0769. The molecule has 0 heterocycles. The molecule has 0 unspecified atom stereocenters. The molecule has 0 radical (unpaired) electrons. The van der Waals surface area contributed by atoms with Gasteiger partial charge in [-0.2, -0.15) is 0 Å². The van der Waals surface area contributed by atoms with Crippen LogP contribution in [0.25, 0.3) is 10.8 Å². The van der Waals surface area contributed by atoms with Crippen molar-refractivity contribution in [3.8, 4) is 0 Å². The van der Waals surface area contributed by atoms with Gasteiger partial charge in [-0.15, -0.1) is 0 Å². The quantitative estimate of drug-likeness (QED) is 0.367. The number of carboxylic acid groups (broad SMARTS) is 2. The van der Waals surface area contributed by atoms with Crippen LogP contribution in [0.1, 0.15) is 41.4 Å². The molecule has 0 bridgehead atoms. The Morgan fingerprint density at radius 2 is 1.06 bits per heavy atom. The third-order valence-corrected chi connectivity index (χ3v) is 4.37. The van der Waals surface area contributed by atoms with Crippen molar-refractivity contribution in [3.63, 3.8) is 0 Å². The summed E-state index contributed by atoms with van der Waals surface area (Å²) in [5, 5.41) is 19.0. The highest BCUT2D eigenvalue weighted by atomic mass is 16.5. The highest BCUT2D eigenvalue weighted by Crippen LogP contribution is 2.18. The van der Waals surface area contributed by atoms with Crippen molar-refractivity contribution in [1.29, 1.82) is 0 Å². The van der Waals surface area contributed by atoms with Gasteiger partial charge in [0.2, 0.25) is 0 Å². The van der Waals surface area contributed by atoms with Crippen LogP contribution in [0.2, 0.25) is 0 Å². The number of hydrogen-bond donors (Lipinski definition) is 2. The molecule has 0 aliphatic rings. The Morgan fingerprint density at radius 1 is 0.676 bits per heavy atom. The number of hydrogen-bond acceptors (Lipinski definition) is 6. The Balaban J connectivity index is 0.000000241. The molecular formula is C26H22O8. The van der Waals surface area contributed by atoms with Gasteiger partial charge < -0.3 is 19.7 Å². The number of ether oxygens (including phenoxy) is 2. The highest BCUT2D eigenvalue weighted by Gasteiger charge is 2.18. The van der Waals surface area contributed by atoms with Crippen LogP contribution >= 0.6 is 0 Å². The predicted octanol–water partition coefficient (Wildman–Crippen LogP) is 4.61. The molecule has 0 fully saturated rings. The molecule has 0 amide bonds. The van der Waals surface area contributed by atoms with E-state index in [1.165, 1.54) is 48.6 Å². The minimum atomic E-state index is -0.996. The van der Waals surface area contributed by atoms with Gasteiger partial charge in [0.05, 0.1) is 22.3 Å². The van der Waals surface area contributed by atoms with Gasteiger partial charge in [-0.05, 0) is 47.2 Å². The lowest BCUT2D eigenvalue weighted by molar-refractivity contribution is 0.0503. The van der Waals surface area contributed by atoms with Crippen molar-refractivity contribution in [1.82, 2.24) is 0 Å². The second-order valence-corrected chi connectivity index (χ2v) is 6.71. The molecule has 3 aromatic rings. The topological polar surface area (TPSA) is 127 Å². The average Bonchev–Trinajstić information content (AvgIpc) is 2.85. The Labute approximate surface area is 195 Å². The molecule has 0 aliphatic carbocycles. The molecule has 3 aromatic carbocycles. The van der Waals surface area contributed by atoms with Gasteiger partial charge in [-0.25, -0.2) is 19.2 Å². The Hall–Kier alpha value is -4.72. The minimum absolute atomic E-state index is 0.0921. The maximum absolute atomic E-state index is 11.7. The summed E-state index contributed by atoms with van der Waals surface area (Å²) in [6, 6.07) is 15.5. The molecule has 0 spiro atoms. The molecule has 2 N–H and O–H groups in total. The number of aromatic carboxylic acids is 2. The van der Waals surface area contributed by atoms with E-state index in [-0.39, 0.29) is 35.5 Å². The first-order valence-corrected chi connectivity index (χ1v) is 9.94. The van der Waals surface area contributed by atoms with Gasteiger partial charge in [0.1, 0.15) is 13.2 Å². The largest absolute Gasteiger partial charge is 0.478 e. The summed E-state index contributed by atoms with van der Waals surface area (Å²) in [6.45, 7) is 7.07. The van der Waals surface area contributed by atoms with Crippen LogP contribution in [-0.4, -0.2) is 47.3 Å². The van der Waals surface area contributed by atoms with Gasteiger partial charge in [0.25, 0.3) is 0 Å². The monoisotopic (exact) mass is 462 g/mol. The van der Waals surface area contributed by atoms with Crippen LogP contribution in [0.15, 0.2) is 86.0 Å². The molecule has 0 aromatic heterocycles. The summed E-state index contributed by atoms with van der Waals surface area (Å²) in [6.07, 6.45) is 2.91. The van der Waals surface area contributed by atoms with Gasteiger partial charge in [0.15, 0.2) is 0 Å². The van der Waals surface area contributed by atoms with Crippen LogP contribution < -0.4 is 0 Å². The van der Waals surface area contributed by atoms with Gasteiger partial charge in [-0.3, -0.25) is 0 Å². The van der Waals surface area contributed by atoms with Crippen molar-refractivity contribution >= 4 is 34.6 Å². The van der Waals surface area contributed by atoms with Gasteiger partial charge in [0, 0.05) is 0 Å². The normalized spacial score (nSPS) is 9.76. The lowest BCUT2D eigenvalue weighted by Gasteiger charge is -2.07. The number of benzene rings is 3. The lowest BCUT2D eigenvalue weighted by Crippen LogP contribution is -2.14. The van der Waals surface area contributed by atoms with Crippen molar-refractivity contribution in [2.45, 2.75) is 0 Å². The highest BCUT2D eigenvalue weighted by molar-refractivity contribution is 6.03. The molecular weight excluding hydrogens is 440 g/mol. The van der Waals surface area contributed by atoms with Crippen molar-refractivity contribution in [3.05, 3.63) is 108 Å². The fourth-order valence-electron chi connectivity index (χ4n) is 2.78.